The van der Waals surface area contributed by atoms with Crippen LogP contribution >= 0.6 is 0 Å². The SMILES string of the molecule is CCN(CCC(C)C(=O)Oc1c(C)cccc1C)Cc1ccccc1. The van der Waals surface area contributed by atoms with E-state index in [1.54, 1.807) is 0 Å². The third kappa shape index (κ3) is 5.71. The number of ether oxygens (including phenoxy) is 1. The lowest BCUT2D eigenvalue weighted by atomic mass is 10.1. The van der Waals surface area contributed by atoms with Gasteiger partial charge < -0.3 is 4.74 Å². The summed E-state index contributed by atoms with van der Waals surface area (Å²) in [5.74, 6) is 0.438. The summed E-state index contributed by atoms with van der Waals surface area (Å²) in [5, 5.41) is 0. The molecular formula is C22H29NO2. The molecule has 0 heterocycles. The third-order valence-corrected chi connectivity index (χ3v) is 4.59. The number of benzene rings is 2. The van der Waals surface area contributed by atoms with Crippen LogP contribution in [0.2, 0.25) is 0 Å². The van der Waals surface area contributed by atoms with E-state index >= 15 is 0 Å². The van der Waals surface area contributed by atoms with Crippen LogP contribution in [0.25, 0.3) is 0 Å². The van der Waals surface area contributed by atoms with Crippen molar-refractivity contribution in [3.05, 3.63) is 65.2 Å². The van der Waals surface area contributed by atoms with E-state index in [1.165, 1.54) is 5.56 Å². The molecule has 0 fully saturated rings. The smallest absolute Gasteiger partial charge is 0.314 e. The van der Waals surface area contributed by atoms with Crippen LogP contribution in [0.4, 0.5) is 0 Å². The zero-order chi connectivity index (χ0) is 18.2. The lowest BCUT2D eigenvalue weighted by Crippen LogP contribution is -2.28. The van der Waals surface area contributed by atoms with Crippen LogP contribution < -0.4 is 4.74 Å². The third-order valence-electron chi connectivity index (χ3n) is 4.59. The Hall–Kier alpha value is -2.13. The maximum Gasteiger partial charge on any atom is 0.314 e. The molecule has 0 amide bonds. The molecule has 134 valence electrons. The normalized spacial score (nSPS) is 12.2. The van der Waals surface area contributed by atoms with Gasteiger partial charge in [-0.3, -0.25) is 9.69 Å². The zero-order valence-electron chi connectivity index (χ0n) is 15.8. The molecular weight excluding hydrogens is 310 g/mol. The Kier molecular flexibility index (Phi) is 7.20. The van der Waals surface area contributed by atoms with Crippen molar-refractivity contribution in [2.75, 3.05) is 13.1 Å². The Balaban J connectivity index is 1.87. The minimum absolute atomic E-state index is 0.121. The van der Waals surface area contributed by atoms with Gasteiger partial charge in [0, 0.05) is 6.54 Å². The minimum Gasteiger partial charge on any atom is -0.426 e. The molecule has 0 aliphatic heterocycles. The van der Waals surface area contributed by atoms with Crippen LogP contribution in [-0.2, 0) is 11.3 Å². The summed E-state index contributed by atoms with van der Waals surface area (Å²) >= 11 is 0. The van der Waals surface area contributed by atoms with Gasteiger partial charge in [0.1, 0.15) is 5.75 Å². The van der Waals surface area contributed by atoms with Crippen molar-refractivity contribution < 1.29 is 9.53 Å². The summed E-state index contributed by atoms with van der Waals surface area (Å²) in [5.41, 5.74) is 3.30. The number of carbonyl (C=O) groups is 1. The molecule has 0 bridgehead atoms. The first-order valence-electron chi connectivity index (χ1n) is 9.05. The van der Waals surface area contributed by atoms with Crippen LogP contribution in [-0.4, -0.2) is 24.0 Å². The highest BCUT2D eigenvalue weighted by Crippen LogP contribution is 2.23. The van der Waals surface area contributed by atoms with Crippen molar-refractivity contribution in [3.8, 4) is 5.75 Å². The molecule has 0 saturated carbocycles. The largest absolute Gasteiger partial charge is 0.426 e. The quantitative estimate of drug-likeness (QED) is 0.513. The number of carbonyl (C=O) groups excluding carboxylic acids is 1. The van der Waals surface area contributed by atoms with Crippen LogP contribution in [0.1, 0.15) is 37.0 Å². The summed E-state index contributed by atoms with van der Waals surface area (Å²) < 4.78 is 5.66. The summed E-state index contributed by atoms with van der Waals surface area (Å²) in [7, 11) is 0. The average molecular weight is 339 g/mol. The monoisotopic (exact) mass is 339 g/mol. The Morgan fingerprint density at radius 1 is 1.04 bits per heavy atom. The molecule has 3 heteroatoms. The summed E-state index contributed by atoms with van der Waals surface area (Å²) in [6.45, 7) is 10.8. The number of nitrogens with zero attached hydrogens (tertiary/aromatic N) is 1. The van der Waals surface area contributed by atoms with Crippen LogP contribution in [0, 0.1) is 19.8 Å². The highest BCUT2D eigenvalue weighted by molar-refractivity contribution is 5.75. The van der Waals surface area contributed by atoms with Crippen molar-refractivity contribution in [1.29, 1.82) is 0 Å². The molecule has 2 rings (SSSR count). The minimum atomic E-state index is -0.145. The molecule has 0 spiro atoms. The maximum atomic E-state index is 12.4. The van der Waals surface area contributed by atoms with Crippen molar-refractivity contribution >= 4 is 5.97 Å². The van der Waals surface area contributed by atoms with Crippen molar-refractivity contribution in [2.45, 2.75) is 40.7 Å². The highest BCUT2D eigenvalue weighted by atomic mass is 16.5. The first-order valence-corrected chi connectivity index (χ1v) is 9.05. The topological polar surface area (TPSA) is 29.5 Å². The average Bonchev–Trinajstić information content (AvgIpc) is 2.62. The first-order chi connectivity index (χ1) is 12.0. The Morgan fingerprint density at radius 2 is 1.68 bits per heavy atom. The first kappa shape index (κ1) is 19.2. The fourth-order valence-corrected chi connectivity index (χ4v) is 2.85. The molecule has 2 aromatic carbocycles. The lowest BCUT2D eigenvalue weighted by Gasteiger charge is -2.22. The number of hydrogen-bond donors (Lipinski definition) is 0. The molecule has 0 radical (unpaired) electrons. The second kappa shape index (κ2) is 9.38. The van der Waals surface area contributed by atoms with Gasteiger partial charge in [0.25, 0.3) is 0 Å². The van der Waals surface area contributed by atoms with Gasteiger partial charge in [-0.15, -0.1) is 0 Å². The number of hydrogen-bond acceptors (Lipinski definition) is 3. The lowest BCUT2D eigenvalue weighted by molar-refractivity contribution is -0.138. The van der Waals surface area contributed by atoms with Crippen molar-refractivity contribution in [1.82, 2.24) is 4.90 Å². The Bertz CT molecular complexity index is 661. The summed E-state index contributed by atoms with van der Waals surface area (Å²) in [6.07, 6.45) is 0.796. The predicted molar refractivity (Wildman–Crippen MR) is 103 cm³/mol. The molecule has 0 saturated heterocycles. The number of aryl methyl sites for hydroxylation is 2. The van der Waals surface area contributed by atoms with Gasteiger partial charge >= 0.3 is 5.97 Å². The van der Waals surface area contributed by atoms with Crippen LogP contribution in [0.3, 0.4) is 0 Å². The fourth-order valence-electron chi connectivity index (χ4n) is 2.85. The molecule has 2 aromatic rings. The van der Waals surface area contributed by atoms with Crippen molar-refractivity contribution in [2.24, 2.45) is 5.92 Å². The molecule has 25 heavy (non-hydrogen) atoms. The second-order valence-electron chi connectivity index (χ2n) is 6.69. The van der Waals surface area contributed by atoms with Crippen molar-refractivity contribution in [3.63, 3.8) is 0 Å². The molecule has 3 nitrogen and oxygen atoms in total. The molecule has 0 aliphatic carbocycles. The standard InChI is InChI=1S/C22H29NO2/c1-5-23(16-20-12-7-6-8-13-20)15-14-19(4)22(24)25-21-17(2)10-9-11-18(21)3/h6-13,19H,5,14-16H2,1-4H3. The van der Waals surface area contributed by atoms with Gasteiger partial charge in [-0.25, -0.2) is 0 Å². The van der Waals surface area contributed by atoms with E-state index in [1.807, 2.05) is 45.0 Å². The fraction of sp³-hybridized carbons (Fsp3) is 0.409. The van der Waals surface area contributed by atoms with E-state index in [-0.39, 0.29) is 11.9 Å². The van der Waals surface area contributed by atoms with E-state index in [0.29, 0.717) is 5.75 Å². The molecule has 0 aliphatic rings. The highest BCUT2D eigenvalue weighted by Gasteiger charge is 2.18. The molecule has 0 aromatic heterocycles. The van der Waals surface area contributed by atoms with E-state index in [4.69, 9.17) is 4.74 Å². The Morgan fingerprint density at radius 3 is 2.28 bits per heavy atom. The van der Waals surface area contributed by atoms with Gasteiger partial charge in [-0.2, -0.15) is 0 Å². The van der Waals surface area contributed by atoms with Gasteiger partial charge in [0.05, 0.1) is 5.92 Å². The van der Waals surface area contributed by atoms with Crippen LogP contribution in [0.5, 0.6) is 5.75 Å². The van der Waals surface area contributed by atoms with E-state index in [0.717, 1.165) is 37.2 Å². The van der Waals surface area contributed by atoms with Gasteiger partial charge in [-0.05, 0) is 50.0 Å². The Labute approximate surface area is 151 Å². The zero-order valence-corrected chi connectivity index (χ0v) is 15.8. The number of rotatable bonds is 8. The van der Waals surface area contributed by atoms with E-state index in [9.17, 15) is 4.79 Å². The van der Waals surface area contributed by atoms with E-state index in [2.05, 4.69) is 36.1 Å². The van der Waals surface area contributed by atoms with Gasteiger partial charge in [0.15, 0.2) is 0 Å². The molecule has 1 unspecified atom stereocenters. The summed E-state index contributed by atoms with van der Waals surface area (Å²) in [4.78, 5) is 14.8. The molecule has 1 atom stereocenters. The number of esters is 1. The number of para-hydroxylation sites is 1. The summed E-state index contributed by atoms with van der Waals surface area (Å²) in [6, 6.07) is 16.4. The van der Waals surface area contributed by atoms with Crippen LogP contribution in [0.15, 0.2) is 48.5 Å². The maximum absolute atomic E-state index is 12.4. The predicted octanol–water partition coefficient (Wildman–Crippen LogP) is 4.76. The molecule has 0 N–H and O–H groups in total. The van der Waals surface area contributed by atoms with E-state index < -0.39 is 0 Å². The van der Waals surface area contributed by atoms with Gasteiger partial charge in [-0.1, -0.05) is 62.4 Å². The van der Waals surface area contributed by atoms with Gasteiger partial charge in [0.2, 0.25) is 0 Å². The second-order valence-corrected chi connectivity index (χ2v) is 6.69.